The van der Waals surface area contributed by atoms with Gasteiger partial charge in [0.25, 0.3) is 0 Å². The normalized spacial score (nSPS) is 17.9. The summed E-state index contributed by atoms with van der Waals surface area (Å²) in [6.07, 6.45) is 0.595. The number of hydrogen-bond donors (Lipinski definition) is 2. The third-order valence-electron chi connectivity index (χ3n) is 4.27. The first-order valence-corrected chi connectivity index (χ1v) is 9.85. The molecule has 0 amide bonds. The van der Waals surface area contributed by atoms with Gasteiger partial charge in [0.05, 0.1) is 0 Å². The molecule has 7 nitrogen and oxygen atoms in total. The van der Waals surface area contributed by atoms with E-state index in [9.17, 15) is 21.6 Å². The summed E-state index contributed by atoms with van der Waals surface area (Å²) in [6.45, 7) is 7.32. The predicted octanol–water partition coefficient (Wildman–Crippen LogP) is 1.43. The summed E-state index contributed by atoms with van der Waals surface area (Å²) in [5, 5.41) is 6.31. The van der Waals surface area contributed by atoms with Crippen molar-refractivity contribution in [3.05, 3.63) is 0 Å². The summed E-state index contributed by atoms with van der Waals surface area (Å²) in [5.74, 6) is 0.573. The summed E-state index contributed by atoms with van der Waals surface area (Å²) in [5.41, 5.74) is -5.24. The van der Waals surface area contributed by atoms with Crippen molar-refractivity contribution in [3.63, 3.8) is 0 Å². The molecule has 0 unspecified atom stereocenters. The van der Waals surface area contributed by atoms with Gasteiger partial charge in [-0.3, -0.25) is 4.99 Å². The van der Waals surface area contributed by atoms with Crippen LogP contribution in [0.25, 0.3) is 0 Å². The minimum atomic E-state index is -5.24. The topological polar surface area (TPSA) is 77.0 Å². The van der Waals surface area contributed by atoms with Crippen LogP contribution in [-0.2, 0) is 10.0 Å². The molecule has 0 aromatic heterocycles. The molecule has 1 aliphatic rings. The molecular formula is C14H29F3IN5O2S. The predicted molar refractivity (Wildman–Crippen MR) is 107 cm³/mol. The number of aliphatic imine (C=N–C) groups is 1. The van der Waals surface area contributed by atoms with Crippen molar-refractivity contribution in [3.8, 4) is 0 Å². The minimum absolute atomic E-state index is 0. The molecular weight excluding hydrogens is 486 g/mol. The van der Waals surface area contributed by atoms with Crippen LogP contribution in [0.2, 0.25) is 0 Å². The molecule has 0 atom stereocenters. The molecule has 0 saturated carbocycles. The summed E-state index contributed by atoms with van der Waals surface area (Å²) < 4.78 is 61.0. The maximum absolute atomic E-state index is 12.6. The summed E-state index contributed by atoms with van der Waals surface area (Å²) in [7, 11) is -3.61. The molecule has 1 saturated heterocycles. The van der Waals surface area contributed by atoms with E-state index in [0.717, 1.165) is 19.6 Å². The number of piperidine rings is 1. The Morgan fingerprint density at radius 1 is 1.23 bits per heavy atom. The van der Waals surface area contributed by atoms with Crippen molar-refractivity contribution in [1.29, 1.82) is 0 Å². The van der Waals surface area contributed by atoms with Crippen LogP contribution in [0, 0.1) is 0 Å². The number of nitrogens with zero attached hydrogens (tertiary/aromatic N) is 3. The molecule has 1 heterocycles. The number of alkyl halides is 3. The Morgan fingerprint density at radius 2 is 1.77 bits per heavy atom. The zero-order valence-corrected chi connectivity index (χ0v) is 18.5. The van der Waals surface area contributed by atoms with E-state index >= 15 is 0 Å². The molecule has 1 aliphatic heterocycles. The molecule has 0 spiro atoms. The Kier molecular flexibility index (Phi) is 11.3. The fourth-order valence-corrected chi connectivity index (χ4v) is 3.63. The zero-order chi connectivity index (χ0) is 19.1. The minimum Gasteiger partial charge on any atom is -0.355 e. The van der Waals surface area contributed by atoms with Gasteiger partial charge in [-0.2, -0.15) is 17.5 Å². The number of guanidine groups is 1. The lowest BCUT2D eigenvalue weighted by Crippen LogP contribution is -2.52. The third-order valence-corrected chi connectivity index (χ3v) is 5.90. The molecule has 26 heavy (non-hydrogen) atoms. The average molecular weight is 515 g/mol. The molecule has 1 fully saturated rings. The van der Waals surface area contributed by atoms with Crippen LogP contribution in [0.5, 0.6) is 0 Å². The fraction of sp³-hybridized carbons (Fsp3) is 0.929. The van der Waals surface area contributed by atoms with Gasteiger partial charge in [-0.25, -0.2) is 8.42 Å². The SMILES string of the molecule is CCN(CC)CCNC(=NC)NC1CCN(S(=O)(=O)C(F)(F)F)CC1.I. The number of sulfonamides is 1. The monoisotopic (exact) mass is 515 g/mol. The molecule has 1 rings (SSSR count). The van der Waals surface area contributed by atoms with Crippen LogP contribution in [-0.4, -0.2) is 81.4 Å². The van der Waals surface area contributed by atoms with Crippen molar-refractivity contribution in [2.24, 2.45) is 4.99 Å². The molecule has 2 N–H and O–H groups in total. The van der Waals surface area contributed by atoms with Crippen molar-refractivity contribution in [2.75, 3.05) is 46.3 Å². The maximum Gasteiger partial charge on any atom is 0.511 e. The molecule has 12 heteroatoms. The molecule has 0 radical (unpaired) electrons. The molecule has 156 valence electrons. The van der Waals surface area contributed by atoms with Crippen LogP contribution in [0.3, 0.4) is 0 Å². The first-order chi connectivity index (χ1) is 11.7. The quantitative estimate of drug-likeness (QED) is 0.305. The Morgan fingerprint density at radius 3 is 2.19 bits per heavy atom. The molecule has 0 aromatic rings. The lowest BCUT2D eigenvalue weighted by atomic mass is 10.1. The van der Waals surface area contributed by atoms with Gasteiger partial charge in [-0.1, -0.05) is 13.8 Å². The van der Waals surface area contributed by atoms with Gasteiger partial charge >= 0.3 is 15.5 Å². The van der Waals surface area contributed by atoms with E-state index in [1.807, 2.05) is 0 Å². The molecule has 0 bridgehead atoms. The van der Waals surface area contributed by atoms with Gasteiger partial charge in [-0.05, 0) is 25.9 Å². The maximum atomic E-state index is 12.6. The summed E-state index contributed by atoms with van der Waals surface area (Å²) >= 11 is 0. The van der Waals surface area contributed by atoms with E-state index in [2.05, 4.69) is 34.4 Å². The number of halogens is 4. The van der Waals surface area contributed by atoms with Crippen LogP contribution >= 0.6 is 24.0 Å². The highest BCUT2D eigenvalue weighted by atomic mass is 127. The number of hydrogen-bond acceptors (Lipinski definition) is 4. The number of rotatable bonds is 7. The zero-order valence-electron chi connectivity index (χ0n) is 15.3. The standard InChI is InChI=1S/C14H28F3N5O2S.HI/c1-4-21(5-2)11-8-19-13(18-3)20-12-6-9-22(10-7-12)25(23,24)14(15,16)17;/h12H,4-11H2,1-3H3,(H2,18,19,20);1H. The van der Waals surface area contributed by atoms with Gasteiger partial charge in [-0.15, -0.1) is 24.0 Å². The summed E-state index contributed by atoms with van der Waals surface area (Å²) in [4.78, 5) is 6.35. The van der Waals surface area contributed by atoms with E-state index in [-0.39, 0.29) is 43.1 Å². The van der Waals surface area contributed by atoms with Crippen LogP contribution < -0.4 is 10.6 Å². The number of nitrogens with one attached hydrogen (secondary N) is 2. The number of likely N-dealkylation sites (N-methyl/N-ethyl adjacent to an activating group) is 1. The van der Waals surface area contributed by atoms with E-state index in [1.54, 1.807) is 7.05 Å². The lowest BCUT2D eigenvalue weighted by molar-refractivity contribution is -0.0494. The van der Waals surface area contributed by atoms with Crippen LogP contribution in [0.1, 0.15) is 26.7 Å². The van der Waals surface area contributed by atoms with Crippen molar-refractivity contribution in [2.45, 2.75) is 38.2 Å². The highest BCUT2D eigenvalue weighted by Gasteiger charge is 2.50. The van der Waals surface area contributed by atoms with Gasteiger partial charge in [0.2, 0.25) is 0 Å². The smallest absolute Gasteiger partial charge is 0.355 e. The van der Waals surface area contributed by atoms with E-state index in [4.69, 9.17) is 0 Å². The van der Waals surface area contributed by atoms with Crippen molar-refractivity contribution < 1.29 is 21.6 Å². The Labute approximate surface area is 170 Å². The highest BCUT2D eigenvalue weighted by Crippen LogP contribution is 2.28. The highest BCUT2D eigenvalue weighted by molar-refractivity contribution is 14.0. The van der Waals surface area contributed by atoms with Crippen molar-refractivity contribution >= 4 is 40.0 Å². The van der Waals surface area contributed by atoms with Gasteiger partial charge < -0.3 is 15.5 Å². The van der Waals surface area contributed by atoms with E-state index in [1.165, 1.54) is 0 Å². The third kappa shape index (κ3) is 7.35. The van der Waals surface area contributed by atoms with Crippen LogP contribution in [0.4, 0.5) is 13.2 Å². The van der Waals surface area contributed by atoms with E-state index < -0.39 is 15.5 Å². The van der Waals surface area contributed by atoms with Crippen LogP contribution in [0.15, 0.2) is 4.99 Å². The lowest BCUT2D eigenvalue weighted by Gasteiger charge is -2.32. The summed E-state index contributed by atoms with van der Waals surface area (Å²) in [6, 6.07) is -0.112. The van der Waals surface area contributed by atoms with Gasteiger partial charge in [0.1, 0.15) is 0 Å². The van der Waals surface area contributed by atoms with E-state index in [0.29, 0.717) is 29.7 Å². The average Bonchev–Trinajstić information content (AvgIpc) is 2.57. The Bertz CT molecular complexity index is 533. The second kappa shape index (κ2) is 11.5. The van der Waals surface area contributed by atoms with Gasteiger partial charge in [0.15, 0.2) is 5.96 Å². The van der Waals surface area contributed by atoms with Crippen molar-refractivity contribution in [1.82, 2.24) is 19.8 Å². The second-order valence-corrected chi connectivity index (χ2v) is 7.72. The first kappa shape index (κ1) is 25.7. The first-order valence-electron chi connectivity index (χ1n) is 8.41. The Balaban J connectivity index is 0.00000625. The second-order valence-electron chi connectivity index (χ2n) is 5.79. The molecule has 0 aromatic carbocycles. The Hall–Kier alpha value is -0.340. The van der Waals surface area contributed by atoms with Gasteiger partial charge in [0, 0.05) is 39.3 Å². The molecule has 0 aliphatic carbocycles. The largest absolute Gasteiger partial charge is 0.511 e. The fourth-order valence-electron chi connectivity index (χ4n) is 2.65.